The summed E-state index contributed by atoms with van der Waals surface area (Å²) in [6, 6.07) is 7.23. The molecule has 6 heteroatoms. The van der Waals surface area contributed by atoms with Crippen molar-refractivity contribution in [2.24, 2.45) is 11.7 Å². The van der Waals surface area contributed by atoms with E-state index in [2.05, 4.69) is 5.32 Å². The van der Waals surface area contributed by atoms with E-state index in [0.717, 1.165) is 11.1 Å². The van der Waals surface area contributed by atoms with Crippen LogP contribution in [0.4, 0.5) is 0 Å². The highest BCUT2D eigenvalue weighted by molar-refractivity contribution is 7.80. The highest BCUT2D eigenvalue weighted by Gasteiger charge is 2.16. The Hall–Kier alpha value is -1.50. The number of likely N-dealkylation sites (N-methyl/N-ethyl adjacent to an activating group) is 1. The van der Waals surface area contributed by atoms with Crippen molar-refractivity contribution < 1.29 is 9.90 Å². The van der Waals surface area contributed by atoms with Gasteiger partial charge in [0.2, 0.25) is 5.91 Å². The third kappa shape index (κ3) is 5.41. The molecule has 2 unspecified atom stereocenters. The second kappa shape index (κ2) is 8.07. The highest BCUT2D eigenvalue weighted by Crippen LogP contribution is 2.15. The Kier molecular flexibility index (Phi) is 6.74. The smallest absolute Gasteiger partial charge is 0.223 e. The fourth-order valence-corrected chi connectivity index (χ4v) is 2.28. The van der Waals surface area contributed by atoms with Crippen LogP contribution in [0.2, 0.25) is 0 Å². The van der Waals surface area contributed by atoms with Gasteiger partial charge < -0.3 is 21.1 Å². The molecule has 1 rings (SSSR count). The van der Waals surface area contributed by atoms with Gasteiger partial charge in [0.25, 0.3) is 0 Å². The lowest BCUT2D eigenvalue weighted by molar-refractivity contribution is -0.124. The minimum atomic E-state index is -0.618. The van der Waals surface area contributed by atoms with Gasteiger partial charge in [-0.15, -0.1) is 0 Å². The zero-order chi connectivity index (χ0) is 16.0. The average molecular weight is 309 g/mol. The lowest BCUT2D eigenvalue weighted by atomic mass is 10.1. The van der Waals surface area contributed by atoms with E-state index in [1.165, 1.54) is 0 Å². The van der Waals surface area contributed by atoms with E-state index in [9.17, 15) is 9.90 Å². The average Bonchev–Trinajstić information content (AvgIpc) is 2.46. The Morgan fingerprint density at radius 2 is 1.95 bits per heavy atom. The highest BCUT2D eigenvalue weighted by atomic mass is 32.1. The van der Waals surface area contributed by atoms with Gasteiger partial charge in [-0.25, -0.2) is 0 Å². The number of carbonyl (C=O) groups excluding carboxylic acids is 1. The van der Waals surface area contributed by atoms with Crippen LogP contribution < -0.4 is 11.1 Å². The molecule has 0 aliphatic carbocycles. The lowest BCUT2D eigenvalue weighted by Crippen LogP contribution is -2.36. The summed E-state index contributed by atoms with van der Waals surface area (Å²) in [6.45, 7) is 2.90. The minimum absolute atomic E-state index is 0.00264. The van der Waals surface area contributed by atoms with Gasteiger partial charge in [0.1, 0.15) is 4.99 Å². The molecule has 4 N–H and O–H groups in total. The van der Waals surface area contributed by atoms with Crippen LogP contribution in [0.25, 0.3) is 0 Å². The molecule has 1 amide bonds. The SMILES string of the molecule is CNC(=O)C(C)CN(C)CC(O)c1ccc(C(N)=S)cc1. The Balaban J connectivity index is 2.57. The van der Waals surface area contributed by atoms with Gasteiger partial charge in [-0.3, -0.25) is 4.79 Å². The molecular weight excluding hydrogens is 286 g/mol. The molecular formula is C15H23N3O2S. The zero-order valence-corrected chi connectivity index (χ0v) is 13.5. The fourth-order valence-electron chi connectivity index (χ4n) is 2.14. The molecule has 21 heavy (non-hydrogen) atoms. The van der Waals surface area contributed by atoms with E-state index >= 15 is 0 Å². The van der Waals surface area contributed by atoms with Crippen molar-refractivity contribution in [1.29, 1.82) is 0 Å². The second-order valence-corrected chi connectivity index (χ2v) is 5.68. The van der Waals surface area contributed by atoms with E-state index in [0.29, 0.717) is 18.1 Å². The van der Waals surface area contributed by atoms with Crippen LogP contribution in [0.3, 0.4) is 0 Å². The third-order valence-corrected chi connectivity index (χ3v) is 3.58. The van der Waals surface area contributed by atoms with Crippen molar-refractivity contribution in [3.8, 4) is 0 Å². The topological polar surface area (TPSA) is 78.6 Å². The number of aliphatic hydroxyl groups excluding tert-OH is 1. The van der Waals surface area contributed by atoms with Crippen molar-refractivity contribution in [2.45, 2.75) is 13.0 Å². The van der Waals surface area contributed by atoms with Gasteiger partial charge in [-0.05, 0) is 12.6 Å². The molecule has 116 valence electrons. The van der Waals surface area contributed by atoms with E-state index < -0.39 is 6.10 Å². The van der Waals surface area contributed by atoms with E-state index in [1.807, 2.05) is 31.0 Å². The maximum absolute atomic E-state index is 11.5. The van der Waals surface area contributed by atoms with Gasteiger partial charge >= 0.3 is 0 Å². The van der Waals surface area contributed by atoms with E-state index in [-0.39, 0.29) is 11.8 Å². The molecule has 1 aromatic rings. The van der Waals surface area contributed by atoms with Gasteiger partial charge in [0.05, 0.1) is 6.10 Å². The Morgan fingerprint density at radius 1 is 1.38 bits per heavy atom. The summed E-state index contributed by atoms with van der Waals surface area (Å²) in [5.41, 5.74) is 7.12. The molecule has 0 aliphatic rings. The van der Waals surface area contributed by atoms with Crippen molar-refractivity contribution >= 4 is 23.1 Å². The maximum atomic E-state index is 11.5. The van der Waals surface area contributed by atoms with E-state index in [4.69, 9.17) is 18.0 Å². The van der Waals surface area contributed by atoms with Gasteiger partial charge in [0, 0.05) is 31.6 Å². The zero-order valence-electron chi connectivity index (χ0n) is 12.7. The van der Waals surface area contributed by atoms with Crippen LogP contribution in [-0.2, 0) is 4.79 Å². The largest absolute Gasteiger partial charge is 0.389 e. The summed E-state index contributed by atoms with van der Waals surface area (Å²) in [7, 11) is 3.50. The summed E-state index contributed by atoms with van der Waals surface area (Å²) in [5.74, 6) is -0.124. The molecule has 2 atom stereocenters. The van der Waals surface area contributed by atoms with Crippen LogP contribution >= 0.6 is 12.2 Å². The molecule has 0 bridgehead atoms. The molecule has 0 aromatic heterocycles. The first-order valence-corrected chi connectivity index (χ1v) is 7.24. The van der Waals surface area contributed by atoms with Gasteiger partial charge in [-0.1, -0.05) is 43.4 Å². The Labute approximate surface area is 131 Å². The molecule has 1 aromatic carbocycles. The number of benzene rings is 1. The summed E-state index contributed by atoms with van der Waals surface area (Å²) in [4.78, 5) is 13.8. The molecule has 0 heterocycles. The normalized spacial score (nSPS) is 13.8. The first-order valence-electron chi connectivity index (χ1n) is 6.83. The Bertz CT molecular complexity index is 490. The fraction of sp³-hybridized carbons (Fsp3) is 0.467. The molecule has 0 fully saturated rings. The Morgan fingerprint density at radius 3 is 2.43 bits per heavy atom. The standard InChI is InChI=1S/C15H23N3O2S/c1-10(15(20)17-2)8-18(3)9-13(19)11-4-6-12(7-5-11)14(16)21/h4-7,10,13,19H,8-9H2,1-3H3,(H2,16,21)(H,17,20). The third-order valence-electron chi connectivity index (χ3n) is 3.34. The summed E-state index contributed by atoms with van der Waals surface area (Å²) in [5, 5.41) is 12.8. The van der Waals surface area contributed by atoms with Crippen LogP contribution in [0.5, 0.6) is 0 Å². The predicted octanol–water partition coefficient (Wildman–Crippen LogP) is 0.668. The summed E-state index contributed by atoms with van der Waals surface area (Å²) < 4.78 is 0. The van der Waals surface area contributed by atoms with Crippen LogP contribution in [0.15, 0.2) is 24.3 Å². The summed E-state index contributed by atoms with van der Waals surface area (Å²) in [6.07, 6.45) is -0.618. The number of nitrogens with two attached hydrogens (primary N) is 1. The van der Waals surface area contributed by atoms with Crippen molar-refractivity contribution in [1.82, 2.24) is 10.2 Å². The van der Waals surface area contributed by atoms with Crippen molar-refractivity contribution in [3.63, 3.8) is 0 Å². The second-order valence-electron chi connectivity index (χ2n) is 5.24. The van der Waals surface area contributed by atoms with Gasteiger partial charge in [-0.2, -0.15) is 0 Å². The first-order chi connectivity index (χ1) is 9.85. The minimum Gasteiger partial charge on any atom is -0.389 e. The number of amides is 1. The summed E-state index contributed by atoms with van der Waals surface area (Å²) >= 11 is 4.89. The van der Waals surface area contributed by atoms with Gasteiger partial charge in [0.15, 0.2) is 0 Å². The van der Waals surface area contributed by atoms with Crippen LogP contribution in [0, 0.1) is 5.92 Å². The number of hydrogen-bond acceptors (Lipinski definition) is 4. The number of nitrogens with one attached hydrogen (secondary N) is 1. The van der Waals surface area contributed by atoms with Crippen LogP contribution in [0.1, 0.15) is 24.2 Å². The van der Waals surface area contributed by atoms with Crippen LogP contribution in [-0.4, -0.2) is 48.1 Å². The van der Waals surface area contributed by atoms with Crippen molar-refractivity contribution in [3.05, 3.63) is 35.4 Å². The number of rotatable bonds is 7. The molecule has 5 nitrogen and oxygen atoms in total. The molecule has 0 radical (unpaired) electrons. The number of carbonyl (C=O) groups is 1. The molecule has 0 saturated heterocycles. The number of nitrogens with zero attached hydrogens (tertiary/aromatic N) is 1. The number of aliphatic hydroxyl groups is 1. The van der Waals surface area contributed by atoms with E-state index in [1.54, 1.807) is 19.2 Å². The molecule has 0 aliphatic heterocycles. The number of thiocarbonyl (C=S) groups is 1. The lowest BCUT2D eigenvalue weighted by Gasteiger charge is -2.23. The maximum Gasteiger partial charge on any atom is 0.223 e. The molecule has 0 spiro atoms. The number of hydrogen-bond donors (Lipinski definition) is 3. The monoisotopic (exact) mass is 309 g/mol. The first kappa shape index (κ1) is 17.6. The van der Waals surface area contributed by atoms with Crippen molar-refractivity contribution in [2.75, 3.05) is 27.2 Å². The quantitative estimate of drug-likeness (QED) is 0.645. The predicted molar refractivity (Wildman–Crippen MR) is 88.0 cm³/mol. The molecule has 0 saturated carbocycles.